The van der Waals surface area contributed by atoms with Crippen molar-refractivity contribution in [3.8, 4) is 0 Å². The molecule has 1 aromatic heterocycles. The largest absolute Gasteiger partial charge is 0.399 e. The molecule has 0 atom stereocenters. The maximum absolute atomic E-state index is 11.5. The molecule has 4 heteroatoms. The van der Waals surface area contributed by atoms with Crippen LogP contribution in [0.25, 0.3) is 0 Å². The number of carbonyl (C=O) groups excluding carboxylic acids is 1. The summed E-state index contributed by atoms with van der Waals surface area (Å²) in [6, 6.07) is 3.25. The Balaban J connectivity index is 1.95. The first-order valence-corrected chi connectivity index (χ1v) is 4.75. The van der Waals surface area contributed by atoms with Crippen LogP contribution in [0.2, 0.25) is 0 Å². The number of pyridine rings is 1. The van der Waals surface area contributed by atoms with Crippen LogP contribution in [0, 0.1) is 5.92 Å². The number of nitrogens with zero attached hydrogens (tertiary/aromatic N) is 1. The van der Waals surface area contributed by atoms with Gasteiger partial charge >= 0.3 is 0 Å². The zero-order chi connectivity index (χ0) is 9.97. The number of aromatic nitrogens is 1. The zero-order valence-corrected chi connectivity index (χ0v) is 7.86. The van der Waals surface area contributed by atoms with Crippen molar-refractivity contribution >= 4 is 11.6 Å². The van der Waals surface area contributed by atoms with Gasteiger partial charge in [-0.1, -0.05) is 0 Å². The van der Waals surface area contributed by atoms with E-state index in [0.29, 0.717) is 17.3 Å². The first kappa shape index (κ1) is 8.99. The maximum Gasteiger partial charge on any atom is 0.269 e. The lowest BCUT2D eigenvalue weighted by molar-refractivity contribution is 0.0947. The highest BCUT2D eigenvalue weighted by Crippen LogP contribution is 2.27. The Hall–Kier alpha value is -1.58. The molecule has 1 aliphatic rings. The number of nitrogens with two attached hydrogens (primary N) is 1. The third kappa shape index (κ3) is 2.22. The first-order chi connectivity index (χ1) is 6.75. The third-order valence-electron chi connectivity index (χ3n) is 2.26. The van der Waals surface area contributed by atoms with Crippen LogP contribution in [0.5, 0.6) is 0 Å². The Kier molecular flexibility index (Phi) is 2.35. The summed E-state index contributed by atoms with van der Waals surface area (Å²) in [6.45, 7) is 0.759. The quantitative estimate of drug-likeness (QED) is 0.742. The molecular formula is C10H13N3O. The van der Waals surface area contributed by atoms with E-state index in [1.165, 1.54) is 12.8 Å². The molecule has 0 aliphatic heterocycles. The fourth-order valence-corrected chi connectivity index (χ4v) is 1.22. The number of anilines is 1. The number of nitrogens with one attached hydrogen (secondary N) is 1. The lowest BCUT2D eigenvalue weighted by atomic mass is 10.3. The van der Waals surface area contributed by atoms with Gasteiger partial charge in [-0.3, -0.25) is 9.78 Å². The van der Waals surface area contributed by atoms with Gasteiger partial charge in [-0.2, -0.15) is 0 Å². The number of hydrogen-bond donors (Lipinski definition) is 2. The molecule has 4 nitrogen and oxygen atoms in total. The number of amides is 1. The van der Waals surface area contributed by atoms with Crippen LogP contribution in [0.3, 0.4) is 0 Å². The minimum Gasteiger partial charge on any atom is -0.399 e. The van der Waals surface area contributed by atoms with Gasteiger partial charge in [0, 0.05) is 18.4 Å². The van der Waals surface area contributed by atoms with Crippen LogP contribution in [-0.2, 0) is 0 Å². The molecule has 0 saturated heterocycles. The van der Waals surface area contributed by atoms with Crippen LogP contribution in [-0.4, -0.2) is 17.4 Å². The molecule has 1 aliphatic carbocycles. The minimum atomic E-state index is -0.135. The molecule has 1 fully saturated rings. The summed E-state index contributed by atoms with van der Waals surface area (Å²) in [5.74, 6) is 0.546. The normalized spacial score (nSPS) is 15.1. The monoisotopic (exact) mass is 191 g/mol. The van der Waals surface area contributed by atoms with Gasteiger partial charge < -0.3 is 11.1 Å². The van der Waals surface area contributed by atoms with Crippen molar-refractivity contribution in [2.45, 2.75) is 12.8 Å². The Morgan fingerprint density at radius 3 is 3.07 bits per heavy atom. The lowest BCUT2D eigenvalue weighted by Gasteiger charge is -2.03. The predicted molar refractivity (Wildman–Crippen MR) is 53.7 cm³/mol. The van der Waals surface area contributed by atoms with E-state index >= 15 is 0 Å². The molecule has 1 saturated carbocycles. The molecule has 1 heterocycles. The highest BCUT2D eigenvalue weighted by Gasteiger charge is 2.22. The predicted octanol–water partition coefficient (Wildman–Crippen LogP) is 0.804. The summed E-state index contributed by atoms with van der Waals surface area (Å²) in [5, 5.41) is 2.83. The SMILES string of the molecule is Nc1ccnc(C(=O)NCC2CC2)c1. The van der Waals surface area contributed by atoms with Crippen molar-refractivity contribution in [3.63, 3.8) is 0 Å². The van der Waals surface area contributed by atoms with Crippen LogP contribution in [0.1, 0.15) is 23.3 Å². The van der Waals surface area contributed by atoms with Gasteiger partial charge in [0.25, 0.3) is 5.91 Å². The van der Waals surface area contributed by atoms with E-state index in [2.05, 4.69) is 10.3 Å². The van der Waals surface area contributed by atoms with Gasteiger partial charge in [0.2, 0.25) is 0 Å². The average molecular weight is 191 g/mol. The Bertz CT molecular complexity index is 347. The topological polar surface area (TPSA) is 68.0 Å². The van der Waals surface area contributed by atoms with Crippen LogP contribution >= 0.6 is 0 Å². The maximum atomic E-state index is 11.5. The standard InChI is InChI=1S/C10H13N3O/c11-8-3-4-12-9(5-8)10(14)13-6-7-1-2-7/h3-5,7H,1-2,6H2,(H2,11,12)(H,13,14). The second-order valence-electron chi connectivity index (χ2n) is 3.63. The van der Waals surface area contributed by atoms with Crippen LogP contribution in [0.15, 0.2) is 18.3 Å². The lowest BCUT2D eigenvalue weighted by Crippen LogP contribution is -2.26. The molecule has 74 valence electrons. The summed E-state index contributed by atoms with van der Waals surface area (Å²) < 4.78 is 0. The fraction of sp³-hybridized carbons (Fsp3) is 0.400. The van der Waals surface area contributed by atoms with Crippen molar-refractivity contribution in [1.29, 1.82) is 0 Å². The van der Waals surface area contributed by atoms with E-state index in [1.807, 2.05) is 0 Å². The highest BCUT2D eigenvalue weighted by atomic mass is 16.1. The molecule has 1 amide bonds. The number of carbonyl (C=O) groups is 1. The van der Waals surface area contributed by atoms with Crippen LogP contribution < -0.4 is 11.1 Å². The van der Waals surface area contributed by atoms with E-state index < -0.39 is 0 Å². The summed E-state index contributed by atoms with van der Waals surface area (Å²) >= 11 is 0. The Morgan fingerprint density at radius 1 is 1.64 bits per heavy atom. The van der Waals surface area contributed by atoms with Gasteiger partial charge in [0.1, 0.15) is 5.69 Å². The van der Waals surface area contributed by atoms with Crippen molar-refractivity contribution in [3.05, 3.63) is 24.0 Å². The van der Waals surface area contributed by atoms with Gasteiger partial charge in [0.05, 0.1) is 0 Å². The molecule has 0 spiro atoms. The van der Waals surface area contributed by atoms with Gasteiger partial charge in [0.15, 0.2) is 0 Å². The van der Waals surface area contributed by atoms with E-state index in [-0.39, 0.29) is 5.91 Å². The molecule has 14 heavy (non-hydrogen) atoms. The molecular weight excluding hydrogens is 178 g/mol. The zero-order valence-electron chi connectivity index (χ0n) is 7.86. The number of rotatable bonds is 3. The van der Waals surface area contributed by atoms with Gasteiger partial charge in [-0.05, 0) is 30.9 Å². The van der Waals surface area contributed by atoms with Gasteiger partial charge in [-0.25, -0.2) is 0 Å². The molecule has 0 radical (unpaired) electrons. The number of nitrogen functional groups attached to an aromatic ring is 1. The summed E-state index contributed by atoms with van der Waals surface area (Å²) in [6.07, 6.45) is 4.00. The Labute approximate surface area is 82.5 Å². The molecule has 2 rings (SSSR count). The van der Waals surface area contributed by atoms with Crippen molar-refractivity contribution < 1.29 is 4.79 Å². The molecule has 0 aromatic carbocycles. The van der Waals surface area contributed by atoms with E-state index in [0.717, 1.165) is 6.54 Å². The molecule has 0 bridgehead atoms. The van der Waals surface area contributed by atoms with Crippen LogP contribution in [0.4, 0.5) is 5.69 Å². The summed E-state index contributed by atoms with van der Waals surface area (Å²) in [7, 11) is 0. The van der Waals surface area contributed by atoms with Gasteiger partial charge in [-0.15, -0.1) is 0 Å². The Morgan fingerprint density at radius 2 is 2.43 bits per heavy atom. The van der Waals surface area contributed by atoms with Crippen molar-refractivity contribution in [1.82, 2.24) is 10.3 Å². The molecule has 1 aromatic rings. The highest BCUT2D eigenvalue weighted by molar-refractivity contribution is 5.92. The average Bonchev–Trinajstić information content (AvgIpc) is 2.97. The van der Waals surface area contributed by atoms with Crippen molar-refractivity contribution in [2.24, 2.45) is 5.92 Å². The summed E-state index contributed by atoms with van der Waals surface area (Å²) in [5.41, 5.74) is 6.51. The van der Waals surface area contributed by atoms with E-state index in [4.69, 9.17) is 5.73 Å². The molecule has 0 unspecified atom stereocenters. The van der Waals surface area contributed by atoms with E-state index in [1.54, 1.807) is 18.3 Å². The summed E-state index contributed by atoms with van der Waals surface area (Å²) in [4.78, 5) is 15.4. The van der Waals surface area contributed by atoms with E-state index in [9.17, 15) is 4.79 Å². The minimum absolute atomic E-state index is 0.135. The second kappa shape index (κ2) is 3.65. The fourth-order valence-electron chi connectivity index (χ4n) is 1.22. The second-order valence-corrected chi connectivity index (χ2v) is 3.63. The third-order valence-corrected chi connectivity index (χ3v) is 2.26. The number of hydrogen-bond acceptors (Lipinski definition) is 3. The first-order valence-electron chi connectivity index (χ1n) is 4.75. The smallest absolute Gasteiger partial charge is 0.269 e. The van der Waals surface area contributed by atoms with Crippen molar-refractivity contribution in [2.75, 3.05) is 12.3 Å². The molecule has 3 N–H and O–H groups in total.